The van der Waals surface area contributed by atoms with E-state index in [1.165, 1.54) is 34.3 Å². The number of hydrogen-bond acceptors (Lipinski definition) is 6. The largest absolute Gasteiger partial charge is 0.390 e. The summed E-state index contributed by atoms with van der Waals surface area (Å²) in [6, 6.07) is 0.827. The molecule has 2 atom stereocenters. The third-order valence-electron chi connectivity index (χ3n) is 5.12. The van der Waals surface area contributed by atoms with Crippen LogP contribution in [0.4, 0.5) is 0 Å². The van der Waals surface area contributed by atoms with Gasteiger partial charge in [-0.2, -0.15) is 28.6 Å². The Hall–Kier alpha value is -0.210. The van der Waals surface area contributed by atoms with Crippen LogP contribution in [0, 0.1) is 6.92 Å². The molecule has 0 spiro atoms. The molecule has 2 aliphatic heterocycles. The number of rotatable bonds is 4. The average Bonchev–Trinajstić information content (AvgIpc) is 2.93. The number of aromatic nitrogens is 2. The highest BCUT2D eigenvalue weighted by atomic mass is 32.2. The second-order valence-electron chi connectivity index (χ2n) is 6.69. The summed E-state index contributed by atoms with van der Waals surface area (Å²) in [7, 11) is 4.10. The van der Waals surface area contributed by atoms with Gasteiger partial charge in [0.25, 0.3) is 0 Å². The van der Waals surface area contributed by atoms with Crippen molar-refractivity contribution >= 4 is 23.5 Å². The Morgan fingerprint density at radius 2 is 2.00 bits per heavy atom. The van der Waals surface area contributed by atoms with E-state index in [0.29, 0.717) is 6.04 Å². The lowest BCUT2D eigenvalue weighted by molar-refractivity contribution is 0.0946. The zero-order valence-electron chi connectivity index (χ0n) is 14.3. The fourth-order valence-corrected chi connectivity index (χ4v) is 6.06. The van der Waals surface area contributed by atoms with Crippen LogP contribution < -0.4 is 0 Å². The Bertz CT molecular complexity index is 516. The van der Waals surface area contributed by atoms with Crippen molar-refractivity contribution < 1.29 is 5.11 Å². The van der Waals surface area contributed by atoms with E-state index >= 15 is 0 Å². The van der Waals surface area contributed by atoms with Crippen LogP contribution >= 0.6 is 23.5 Å². The minimum absolute atomic E-state index is 0.216. The molecule has 3 rings (SSSR count). The summed E-state index contributed by atoms with van der Waals surface area (Å²) >= 11 is 4.12. The van der Waals surface area contributed by atoms with E-state index in [2.05, 4.69) is 52.4 Å². The molecule has 7 heteroatoms. The SMILES string of the molecule is Cc1c(CN(C)[C@@H]2CN(C3CSCCSC3)C[C@H]2O)cnn1C. The van der Waals surface area contributed by atoms with Crippen molar-refractivity contribution in [3.8, 4) is 0 Å². The Balaban J connectivity index is 1.60. The van der Waals surface area contributed by atoms with Gasteiger partial charge in [0, 0.05) is 73.0 Å². The van der Waals surface area contributed by atoms with Gasteiger partial charge in [-0.05, 0) is 14.0 Å². The lowest BCUT2D eigenvalue weighted by Crippen LogP contribution is -2.41. The smallest absolute Gasteiger partial charge is 0.0834 e. The lowest BCUT2D eigenvalue weighted by atomic mass is 10.1. The highest BCUT2D eigenvalue weighted by Gasteiger charge is 2.37. The maximum atomic E-state index is 10.6. The third-order valence-corrected chi connectivity index (χ3v) is 7.60. The minimum Gasteiger partial charge on any atom is -0.390 e. The molecule has 1 aromatic heterocycles. The Morgan fingerprint density at radius 3 is 2.61 bits per heavy atom. The fourth-order valence-electron chi connectivity index (χ4n) is 3.43. The summed E-state index contributed by atoms with van der Waals surface area (Å²) in [5, 5.41) is 14.9. The van der Waals surface area contributed by atoms with Crippen LogP contribution in [0.1, 0.15) is 11.3 Å². The molecule has 2 saturated heterocycles. The lowest BCUT2D eigenvalue weighted by Gasteiger charge is -2.28. The quantitative estimate of drug-likeness (QED) is 0.870. The molecule has 1 aromatic rings. The van der Waals surface area contributed by atoms with Crippen molar-refractivity contribution in [1.29, 1.82) is 0 Å². The highest BCUT2D eigenvalue weighted by Crippen LogP contribution is 2.26. The zero-order valence-corrected chi connectivity index (χ0v) is 15.9. The molecule has 0 amide bonds. The van der Waals surface area contributed by atoms with Crippen LogP contribution in [-0.2, 0) is 13.6 Å². The van der Waals surface area contributed by atoms with Crippen LogP contribution in [0.25, 0.3) is 0 Å². The number of likely N-dealkylation sites (tertiary alicyclic amines) is 1. The molecule has 23 heavy (non-hydrogen) atoms. The second kappa shape index (κ2) is 7.78. The molecular weight excluding hydrogens is 328 g/mol. The number of likely N-dealkylation sites (N-methyl/N-ethyl adjacent to an activating group) is 1. The first-order valence-electron chi connectivity index (χ1n) is 8.31. The van der Waals surface area contributed by atoms with E-state index in [0.717, 1.165) is 19.6 Å². The van der Waals surface area contributed by atoms with Gasteiger partial charge in [-0.25, -0.2) is 0 Å². The molecule has 1 N–H and O–H groups in total. The fraction of sp³-hybridized carbons (Fsp3) is 0.812. The Morgan fingerprint density at radius 1 is 1.30 bits per heavy atom. The number of aryl methyl sites for hydroxylation is 1. The van der Waals surface area contributed by atoms with Crippen LogP contribution in [-0.4, -0.2) is 86.0 Å². The molecule has 0 unspecified atom stereocenters. The highest BCUT2D eigenvalue weighted by molar-refractivity contribution is 8.03. The normalized spacial score (nSPS) is 27.7. The summed E-state index contributed by atoms with van der Waals surface area (Å²) in [6.45, 7) is 4.74. The van der Waals surface area contributed by atoms with Crippen molar-refractivity contribution in [3.05, 3.63) is 17.5 Å². The van der Waals surface area contributed by atoms with Gasteiger partial charge in [0.05, 0.1) is 12.3 Å². The second-order valence-corrected chi connectivity index (χ2v) is 8.99. The number of aliphatic hydroxyl groups excluding tert-OH is 1. The van der Waals surface area contributed by atoms with Gasteiger partial charge in [0.2, 0.25) is 0 Å². The van der Waals surface area contributed by atoms with Gasteiger partial charge in [-0.3, -0.25) is 14.5 Å². The van der Waals surface area contributed by atoms with E-state index in [9.17, 15) is 5.11 Å². The third kappa shape index (κ3) is 4.07. The van der Waals surface area contributed by atoms with Gasteiger partial charge in [-0.15, -0.1) is 0 Å². The molecule has 0 saturated carbocycles. The van der Waals surface area contributed by atoms with Crippen LogP contribution in [0.2, 0.25) is 0 Å². The monoisotopic (exact) mass is 356 g/mol. The number of aliphatic hydroxyl groups is 1. The van der Waals surface area contributed by atoms with Crippen LogP contribution in [0.15, 0.2) is 6.20 Å². The molecule has 0 aromatic carbocycles. The minimum atomic E-state index is -0.254. The predicted molar refractivity (Wildman–Crippen MR) is 99.2 cm³/mol. The van der Waals surface area contributed by atoms with E-state index < -0.39 is 0 Å². The number of β-amino-alcohol motifs (C(OH)–C–C–N with tert-alkyl or cyclic N) is 1. The standard InChI is InChI=1S/C16H28N4OS2/c1-12-13(6-17-19(12)3)7-18(2)15-8-20(9-16(15)21)14-10-22-4-5-23-11-14/h6,14-16,21H,4-5,7-11H2,1-3H3/t15-,16-/m1/s1. The van der Waals surface area contributed by atoms with Gasteiger partial charge in [0.1, 0.15) is 0 Å². The molecule has 130 valence electrons. The molecule has 5 nitrogen and oxygen atoms in total. The van der Waals surface area contributed by atoms with Crippen LogP contribution in [0.3, 0.4) is 0 Å². The van der Waals surface area contributed by atoms with Crippen LogP contribution in [0.5, 0.6) is 0 Å². The molecule has 0 radical (unpaired) electrons. The molecule has 2 fully saturated rings. The zero-order chi connectivity index (χ0) is 16.4. The number of thioether (sulfide) groups is 2. The number of nitrogens with zero attached hydrogens (tertiary/aromatic N) is 4. The number of hydrogen-bond donors (Lipinski definition) is 1. The molecule has 0 bridgehead atoms. The summed E-state index contributed by atoms with van der Waals surface area (Å²) in [4.78, 5) is 4.80. The van der Waals surface area contributed by atoms with E-state index in [1.807, 2.05) is 17.9 Å². The topological polar surface area (TPSA) is 44.5 Å². The van der Waals surface area contributed by atoms with Crippen molar-refractivity contribution in [1.82, 2.24) is 19.6 Å². The van der Waals surface area contributed by atoms with Crippen molar-refractivity contribution in [3.63, 3.8) is 0 Å². The summed E-state index contributed by atoms with van der Waals surface area (Å²) in [5.41, 5.74) is 2.46. The Kier molecular flexibility index (Phi) is 5.96. The Labute approximate surface area is 147 Å². The maximum Gasteiger partial charge on any atom is 0.0834 e. The van der Waals surface area contributed by atoms with Crippen molar-refractivity contribution in [2.24, 2.45) is 7.05 Å². The summed E-state index contributed by atoms with van der Waals surface area (Å²) < 4.78 is 1.92. The first kappa shape index (κ1) is 17.6. The van der Waals surface area contributed by atoms with Gasteiger partial charge in [-0.1, -0.05) is 0 Å². The van der Waals surface area contributed by atoms with Gasteiger partial charge in [0.15, 0.2) is 0 Å². The molecule has 3 heterocycles. The first-order valence-corrected chi connectivity index (χ1v) is 10.6. The predicted octanol–water partition coefficient (Wildman–Crippen LogP) is 1.05. The van der Waals surface area contributed by atoms with E-state index in [4.69, 9.17) is 0 Å². The van der Waals surface area contributed by atoms with Crippen molar-refractivity contribution in [2.75, 3.05) is 43.1 Å². The molecule has 2 aliphatic rings. The molecular formula is C16H28N4OS2. The van der Waals surface area contributed by atoms with Gasteiger partial charge < -0.3 is 5.11 Å². The summed E-state index contributed by atoms with van der Waals surface area (Å²) in [5.74, 6) is 4.94. The summed E-state index contributed by atoms with van der Waals surface area (Å²) in [6.07, 6.45) is 1.69. The maximum absolute atomic E-state index is 10.6. The van der Waals surface area contributed by atoms with Gasteiger partial charge >= 0.3 is 0 Å². The van der Waals surface area contributed by atoms with E-state index in [1.54, 1.807) is 0 Å². The average molecular weight is 357 g/mol. The van der Waals surface area contributed by atoms with E-state index in [-0.39, 0.29) is 12.1 Å². The molecule has 0 aliphatic carbocycles. The van der Waals surface area contributed by atoms with Crippen molar-refractivity contribution in [2.45, 2.75) is 31.7 Å². The first-order chi connectivity index (χ1) is 11.1.